The summed E-state index contributed by atoms with van der Waals surface area (Å²) in [4.78, 5) is 9.37. The molecule has 174 valence electrons. The largest absolute Gasteiger partial charge is 0.508 e. The smallest absolute Gasteiger partial charge is 0.207 e. The minimum atomic E-state index is -4.04. The molecule has 1 aliphatic carbocycles. The van der Waals surface area contributed by atoms with E-state index >= 15 is 0 Å². The van der Waals surface area contributed by atoms with Crippen molar-refractivity contribution in [1.29, 1.82) is 0 Å². The molecule has 34 heavy (non-hydrogen) atoms. The van der Waals surface area contributed by atoms with Crippen LogP contribution in [0.4, 0.5) is 5.82 Å². The van der Waals surface area contributed by atoms with Crippen LogP contribution in [0.25, 0.3) is 22.3 Å². The van der Waals surface area contributed by atoms with E-state index in [1.54, 1.807) is 18.2 Å². The maximum absolute atomic E-state index is 13.7. The molecule has 7 nitrogen and oxygen atoms in total. The highest BCUT2D eigenvalue weighted by molar-refractivity contribution is 7.91. The molecule has 1 aliphatic rings. The Morgan fingerprint density at radius 3 is 2.44 bits per heavy atom. The maximum atomic E-state index is 13.7. The Morgan fingerprint density at radius 2 is 1.65 bits per heavy atom. The number of nitrogens with one attached hydrogen (secondary N) is 1. The summed E-state index contributed by atoms with van der Waals surface area (Å²) in [5.41, 5.74) is 1.17. The van der Waals surface area contributed by atoms with Crippen molar-refractivity contribution in [2.75, 3.05) is 5.32 Å². The number of aliphatic hydroxyl groups is 1. The zero-order chi connectivity index (χ0) is 23.7. The number of rotatable bonds is 6. The van der Waals surface area contributed by atoms with Crippen molar-refractivity contribution < 1.29 is 18.6 Å². The molecular weight excluding hydrogens is 450 g/mol. The van der Waals surface area contributed by atoms with Crippen LogP contribution < -0.4 is 5.32 Å². The highest BCUT2D eigenvalue weighted by atomic mass is 32.2. The number of nitrogens with zero attached hydrogens (tertiary/aromatic N) is 2. The molecule has 4 aromatic rings. The third-order valence-electron chi connectivity index (χ3n) is 6.23. The highest BCUT2D eigenvalue weighted by Gasteiger charge is 2.27. The molecule has 0 saturated heterocycles. The van der Waals surface area contributed by atoms with Crippen LogP contribution >= 0.6 is 0 Å². The lowest BCUT2D eigenvalue weighted by Gasteiger charge is -2.17. The van der Waals surface area contributed by atoms with E-state index < -0.39 is 16.4 Å². The first-order valence-electron chi connectivity index (χ1n) is 11.3. The Bertz CT molecular complexity index is 1460. The lowest BCUT2D eigenvalue weighted by atomic mass is 10.1. The van der Waals surface area contributed by atoms with Crippen molar-refractivity contribution in [3.05, 3.63) is 72.3 Å². The molecule has 8 heteroatoms. The van der Waals surface area contributed by atoms with E-state index in [9.17, 15) is 18.6 Å². The lowest BCUT2D eigenvalue weighted by molar-refractivity contribution is 0.278. The summed E-state index contributed by atoms with van der Waals surface area (Å²) in [6.07, 6.45) is 4.42. The van der Waals surface area contributed by atoms with Crippen LogP contribution in [0.3, 0.4) is 0 Å². The van der Waals surface area contributed by atoms with Gasteiger partial charge in [0.25, 0.3) is 0 Å². The second-order valence-corrected chi connectivity index (χ2v) is 10.4. The van der Waals surface area contributed by atoms with Crippen LogP contribution in [0, 0.1) is 0 Å². The van der Waals surface area contributed by atoms with Gasteiger partial charge in [0.05, 0.1) is 21.9 Å². The second kappa shape index (κ2) is 9.04. The summed E-state index contributed by atoms with van der Waals surface area (Å²) in [6.45, 7) is -0.412. The van der Waals surface area contributed by atoms with Crippen LogP contribution in [-0.4, -0.2) is 34.6 Å². The van der Waals surface area contributed by atoms with E-state index in [0.29, 0.717) is 22.9 Å². The van der Waals surface area contributed by atoms with Gasteiger partial charge in [-0.1, -0.05) is 43.2 Å². The van der Waals surface area contributed by atoms with Gasteiger partial charge in [0.1, 0.15) is 11.6 Å². The highest BCUT2D eigenvalue weighted by Crippen LogP contribution is 2.36. The van der Waals surface area contributed by atoms with Crippen molar-refractivity contribution in [3.63, 3.8) is 0 Å². The van der Waals surface area contributed by atoms with Gasteiger partial charge < -0.3 is 15.5 Å². The molecule has 1 fully saturated rings. The molecule has 0 amide bonds. The van der Waals surface area contributed by atoms with E-state index in [4.69, 9.17) is 4.98 Å². The average Bonchev–Trinajstić information content (AvgIpc) is 3.37. The number of aliphatic hydroxyl groups excluding tert-OH is 1. The first-order chi connectivity index (χ1) is 16.5. The number of hydrogen-bond acceptors (Lipinski definition) is 7. The van der Waals surface area contributed by atoms with Gasteiger partial charge in [0.15, 0.2) is 5.82 Å². The predicted molar refractivity (Wildman–Crippen MR) is 130 cm³/mol. The van der Waals surface area contributed by atoms with Crippen LogP contribution in [0.15, 0.2) is 76.5 Å². The van der Waals surface area contributed by atoms with Gasteiger partial charge in [-0.3, -0.25) is 0 Å². The summed E-state index contributed by atoms with van der Waals surface area (Å²) in [7, 11) is -4.04. The summed E-state index contributed by atoms with van der Waals surface area (Å²) >= 11 is 0. The van der Waals surface area contributed by atoms with Crippen LogP contribution in [-0.2, 0) is 16.4 Å². The van der Waals surface area contributed by atoms with E-state index in [-0.39, 0.29) is 26.9 Å². The molecule has 1 saturated carbocycles. The topological polar surface area (TPSA) is 112 Å². The van der Waals surface area contributed by atoms with Gasteiger partial charge in [0, 0.05) is 17.0 Å². The SMILES string of the molecule is O=S(=O)(c1ccccc1CO)c1ccc(O)cc1-c1nc(NC2CCCC2)c2ccccc2n1. The minimum Gasteiger partial charge on any atom is -0.508 e. The molecule has 3 N–H and O–H groups in total. The minimum absolute atomic E-state index is 0.00883. The molecule has 0 atom stereocenters. The van der Waals surface area contributed by atoms with Gasteiger partial charge >= 0.3 is 0 Å². The second-order valence-electron chi connectivity index (χ2n) is 8.49. The Kier molecular flexibility index (Phi) is 5.93. The number of aromatic hydroxyl groups is 1. The number of para-hydroxylation sites is 1. The van der Waals surface area contributed by atoms with E-state index in [0.717, 1.165) is 31.1 Å². The number of anilines is 1. The van der Waals surface area contributed by atoms with Gasteiger partial charge in [-0.25, -0.2) is 18.4 Å². The van der Waals surface area contributed by atoms with Crippen LogP contribution in [0.5, 0.6) is 5.75 Å². The number of benzene rings is 3. The zero-order valence-electron chi connectivity index (χ0n) is 18.5. The monoisotopic (exact) mass is 475 g/mol. The molecule has 1 heterocycles. The van der Waals surface area contributed by atoms with E-state index in [1.165, 1.54) is 24.3 Å². The van der Waals surface area contributed by atoms with Crippen LogP contribution in [0.2, 0.25) is 0 Å². The third-order valence-corrected chi connectivity index (χ3v) is 8.14. The number of hydrogen-bond donors (Lipinski definition) is 3. The molecular formula is C26H25N3O4S. The molecule has 0 unspecified atom stereocenters. The molecule has 0 spiro atoms. The Morgan fingerprint density at radius 1 is 0.912 bits per heavy atom. The predicted octanol–water partition coefficient (Wildman–Crippen LogP) is 4.68. The molecule has 3 aromatic carbocycles. The van der Waals surface area contributed by atoms with Gasteiger partial charge in [-0.15, -0.1) is 0 Å². The normalized spacial score (nSPS) is 14.5. The number of phenols is 1. The molecule has 5 rings (SSSR count). The third kappa shape index (κ3) is 4.10. The van der Waals surface area contributed by atoms with Crippen molar-refractivity contribution in [1.82, 2.24) is 9.97 Å². The summed E-state index contributed by atoms with van der Waals surface area (Å²) in [5.74, 6) is 0.761. The van der Waals surface area contributed by atoms with Gasteiger partial charge in [-0.2, -0.15) is 0 Å². The number of aromatic nitrogens is 2. The number of sulfone groups is 1. The number of fused-ring (bicyclic) bond motifs is 1. The van der Waals surface area contributed by atoms with Crippen LogP contribution in [0.1, 0.15) is 31.2 Å². The lowest BCUT2D eigenvalue weighted by Crippen LogP contribution is -2.16. The van der Waals surface area contributed by atoms with Gasteiger partial charge in [-0.05, 0) is 54.8 Å². The standard InChI is InChI=1S/C26H25N3O4S/c30-16-17-7-1-6-12-23(17)34(32,33)24-14-13-19(31)15-21(24)26-28-22-11-5-4-10-20(22)25(29-26)27-18-8-2-3-9-18/h1,4-7,10-15,18,30-31H,2-3,8-9,16H2,(H,27,28,29). The fourth-order valence-corrected chi connectivity index (χ4v) is 6.17. The fraction of sp³-hybridized carbons (Fsp3) is 0.231. The van der Waals surface area contributed by atoms with Crippen molar-refractivity contribution in [2.45, 2.75) is 48.1 Å². The summed E-state index contributed by atoms with van der Waals surface area (Å²) < 4.78 is 27.4. The zero-order valence-corrected chi connectivity index (χ0v) is 19.3. The van der Waals surface area contributed by atoms with Crippen molar-refractivity contribution >= 4 is 26.6 Å². The Hall–Kier alpha value is -3.49. The summed E-state index contributed by atoms with van der Waals surface area (Å²) in [5, 5.41) is 24.3. The Labute approximate surface area is 198 Å². The Balaban J connectivity index is 1.70. The first-order valence-corrected chi connectivity index (χ1v) is 12.8. The first kappa shape index (κ1) is 22.3. The number of phenolic OH excluding ortho intramolecular Hbond substituents is 1. The van der Waals surface area contributed by atoms with Crippen molar-refractivity contribution in [2.24, 2.45) is 0 Å². The molecule has 0 bridgehead atoms. The van der Waals surface area contributed by atoms with E-state index in [1.807, 2.05) is 24.3 Å². The van der Waals surface area contributed by atoms with Crippen molar-refractivity contribution in [3.8, 4) is 17.1 Å². The summed E-state index contributed by atoms with van der Waals surface area (Å²) in [6, 6.07) is 18.3. The molecule has 0 aliphatic heterocycles. The average molecular weight is 476 g/mol. The maximum Gasteiger partial charge on any atom is 0.207 e. The van der Waals surface area contributed by atoms with Gasteiger partial charge in [0.2, 0.25) is 9.84 Å². The fourth-order valence-electron chi connectivity index (χ4n) is 4.51. The molecule has 0 radical (unpaired) electrons. The molecule has 1 aromatic heterocycles. The quantitative estimate of drug-likeness (QED) is 0.371. The van der Waals surface area contributed by atoms with E-state index in [2.05, 4.69) is 10.3 Å².